The number of likely N-dealkylation sites (tertiary alicyclic amines) is 1. The Morgan fingerprint density at radius 3 is 2.96 bits per heavy atom. The molecule has 0 aromatic carbocycles. The van der Waals surface area contributed by atoms with E-state index in [0.29, 0.717) is 18.5 Å². The number of rotatable bonds is 5. The van der Waals surface area contributed by atoms with Crippen molar-refractivity contribution >= 4 is 17.3 Å². The average Bonchev–Trinajstić information content (AvgIpc) is 3.28. The lowest BCUT2D eigenvalue weighted by molar-refractivity contribution is 0.124. The first kappa shape index (κ1) is 18.8. The van der Waals surface area contributed by atoms with Crippen LogP contribution in [-0.2, 0) is 13.6 Å². The molecular formula is C18H29N7S. The number of thiophene rings is 1. The third-order valence-corrected chi connectivity index (χ3v) is 6.06. The number of aromatic nitrogens is 3. The second kappa shape index (κ2) is 8.64. The summed E-state index contributed by atoms with van der Waals surface area (Å²) >= 11 is 1.86. The van der Waals surface area contributed by atoms with Crippen LogP contribution >= 0.6 is 11.3 Å². The largest absolute Gasteiger partial charge is 0.356 e. The molecule has 142 valence electrons. The summed E-state index contributed by atoms with van der Waals surface area (Å²) in [6.07, 6.45) is 4.07. The zero-order valence-corrected chi connectivity index (χ0v) is 16.9. The molecule has 1 N–H and O–H groups in total. The van der Waals surface area contributed by atoms with Gasteiger partial charge in [0.15, 0.2) is 5.96 Å². The van der Waals surface area contributed by atoms with Crippen molar-refractivity contribution in [1.82, 2.24) is 29.9 Å². The highest BCUT2D eigenvalue weighted by Gasteiger charge is 2.31. The molecular weight excluding hydrogens is 346 g/mol. The molecule has 2 aromatic heterocycles. The third-order valence-electron chi connectivity index (χ3n) is 5.12. The van der Waals surface area contributed by atoms with Crippen LogP contribution in [0.1, 0.15) is 29.6 Å². The van der Waals surface area contributed by atoms with Crippen molar-refractivity contribution in [3.05, 3.63) is 34.5 Å². The van der Waals surface area contributed by atoms with Crippen molar-refractivity contribution in [3.63, 3.8) is 0 Å². The highest BCUT2D eigenvalue weighted by molar-refractivity contribution is 7.10. The summed E-state index contributed by atoms with van der Waals surface area (Å²) in [7, 11) is 8.02. The summed E-state index contributed by atoms with van der Waals surface area (Å²) in [5.41, 5.74) is 0. The fourth-order valence-corrected chi connectivity index (χ4v) is 4.72. The summed E-state index contributed by atoms with van der Waals surface area (Å²) in [4.78, 5) is 14.8. The summed E-state index contributed by atoms with van der Waals surface area (Å²) < 4.78 is 1.80. The zero-order chi connectivity index (χ0) is 18.5. The van der Waals surface area contributed by atoms with Gasteiger partial charge in [0, 0.05) is 38.6 Å². The van der Waals surface area contributed by atoms with Gasteiger partial charge in [-0.1, -0.05) is 6.07 Å². The molecule has 1 saturated heterocycles. The molecule has 0 radical (unpaired) electrons. The minimum atomic E-state index is 0.485. The molecule has 0 amide bonds. The van der Waals surface area contributed by atoms with Gasteiger partial charge in [-0.2, -0.15) is 5.10 Å². The predicted molar refractivity (Wildman–Crippen MR) is 106 cm³/mol. The molecule has 1 fully saturated rings. The van der Waals surface area contributed by atoms with Crippen LogP contribution in [-0.4, -0.2) is 64.8 Å². The highest BCUT2D eigenvalue weighted by Crippen LogP contribution is 2.36. The fourth-order valence-electron chi connectivity index (χ4n) is 3.74. The van der Waals surface area contributed by atoms with Gasteiger partial charge in [-0.05, 0) is 43.8 Å². The molecule has 3 heterocycles. The van der Waals surface area contributed by atoms with E-state index in [1.54, 1.807) is 11.0 Å². The summed E-state index contributed by atoms with van der Waals surface area (Å²) in [5.74, 6) is 2.39. The minimum Gasteiger partial charge on any atom is -0.356 e. The lowest BCUT2D eigenvalue weighted by Crippen LogP contribution is -2.45. The van der Waals surface area contributed by atoms with E-state index in [-0.39, 0.29) is 0 Å². The van der Waals surface area contributed by atoms with Gasteiger partial charge >= 0.3 is 0 Å². The Balaban J connectivity index is 1.62. The van der Waals surface area contributed by atoms with Crippen LogP contribution in [0.2, 0.25) is 0 Å². The van der Waals surface area contributed by atoms with Gasteiger partial charge in [-0.15, -0.1) is 11.3 Å². The molecule has 26 heavy (non-hydrogen) atoms. The van der Waals surface area contributed by atoms with E-state index in [9.17, 15) is 0 Å². The molecule has 2 unspecified atom stereocenters. The van der Waals surface area contributed by atoms with Crippen LogP contribution < -0.4 is 5.32 Å². The molecule has 8 heteroatoms. The van der Waals surface area contributed by atoms with Gasteiger partial charge in [0.25, 0.3) is 0 Å². The number of aliphatic imine (C=N–C) groups is 1. The molecule has 3 rings (SSSR count). The molecule has 0 bridgehead atoms. The fraction of sp³-hybridized carbons (Fsp3) is 0.611. The minimum absolute atomic E-state index is 0.485. The average molecular weight is 376 g/mol. The van der Waals surface area contributed by atoms with Crippen molar-refractivity contribution in [3.8, 4) is 0 Å². The van der Waals surface area contributed by atoms with Crippen LogP contribution in [0.4, 0.5) is 0 Å². The Kier molecular flexibility index (Phi) is 6.26. The summed E-state index contributed by atoms with van der Waals surface area (Å²) in [5, 5.41) is 9.89. The van der Waals surface area contributed by atoms with E-state index in [1.165, 1.54) is 24.3 Å². The maximum Gasteiger partial charge on any atom is 0.193 e. The normalized spacial score (nSPS) is 21.8. The van der Waals surface area contributed by atoms with Gasteiger partial charge in [-0.25, -0.2) is 4.98 Å². The SMILES string of the molecule is CN=C(NCC1CCCN(C)C1c1cccs1)N(C)Cc1ncnn1C. The molecule has 0 saturated carbocycles. The monoisotopic (exact) mass is 375 g/mol. The second-order valence-corrected chi connectivity index (χ2v) is 7.91. The maximum atomic E-state index is 4.45. The predicted octanol–water partition coefficient (Wildman–Crippen LogP) is 1.97. The van der Waals surface area contributed by atoms with Crippen LogP contribution in [0.15, 0.2) is 28.8 Å². The Labute approximate surface area is 159 Å². The first-order valence-corrected chi connectivity index (χ1v) is 9.96. The summed E-state index contributed by atoms with van der Waals surface area (Å²) in [6.45, 7) is 2.76. The quantitative estimate of drug-likeness (QED) is 0.639. The molecule has 1 aliphatic rings. The molecule has 0 aliphatic carbocycles. The maximum absolute atomic E-state index is 4.45. The van der Waals surface area contributed by atoms with Crippen molar-refractivity contribution < 1.29 is 0 Å². The van der Waals surface area contributed by atoms with Gasteiger partial charge < -0.3 is 10.2 Å². The van der Waals surface area contributed by atoms with Gasteiger partial charge in [-0.3, -0.25) is 14.6 Å². The van der Waals surface area contributed by atoms with E-state index in [4.69, 9.17) is 0 Å². The van der Waals surface area contributed by atoms with E-state index >= 15 is 0 Å². The Morgan fingerprint density at radius 2 is 2.31 bits per heavy atom. The smallest absolute Gasteiger partial charge is 0.193 e. The van der Waals surface area contributed by atoms with Gasteiger partial charge in [0.1, 0.15) is 12.2 Å². The Bertz CT molecular complexity index is 709. The number of hydrogen-bond donors (Lipinski definition) is 1. The van der Waals surface area contributed by atoms with E-state index in [0.717, 1.165) is 18.3 Å². The van der Waals surface area contributed by atoms with Crippen molar-refractivity contribution in [2.75, 3.05) is 34.2 Å². The molecule has 1 aliphatic heterocycles. The standard InChI is InChI=1S/C18H29N7S/c1-19-18(24(3)12-16-21-13-22-25(16)4)20-11-14-7-5-9-23(2)17(14)15-8-6-10-26-15/h6,8,10,13-14,17H,5,7,9,11-12H2,1-4H3,(H,19,20). The first-order valence-electron chi connectivity index (χ1n) is 9.08. The van der Waals surface area contributed by atoms with E-state index in [2.05, 4.69) is 54.8 Å². The lowest BCUT2D eigenvalue weighted by atomic mass is 9.88. The number of aryl methyl sites for hydroxylation is 1. The summed E-state index contributed by atoms with van der Waals surface area (Å²) in [6, 6.07) is 4.90. The number of piperidine rings is 1. The topological polar surface area (TPSA) is 61.6 Å². The number of hydrogen-bond acceptors (Lipinski definition) is 5. The lowest BCUT2D eigenvalue weighted by Gasteiger charge is -2.39. The Hall–Kier alpha value is -1.93. The third kappa shape index (κ3) is 4.24. The first-order chi connectivity index (χ1) is 12.6. The van der Waals surface area contributed by atoms with Crippen LogP contribution in [0, 0.1) is 5.92 Å². The van der Waals surface area contributed by atoms with E-state index in [1.807, 2.05) is 32.5 Å². The molecule has 0 spiro atoms. The van der Waals surface area contributed by atoms with Crippen molar-refractivity contribution in [1.29, 1.82) is 0 Å². The molecule has 7 nitrogen and oxygen atoms in total. The van der Waals surface area contributed by atoms with Gasteiger partial charge in [0.05, 0.1) is 6.54 Å². The van der Waals surface area contributed by atoms with Crippen LogP contribution in [0.5, 0.6) is 0 Å². The molecule has 2 aromatic rings. The molecule has 2 atom stereocenters. The second-order valence-electron chi connectivity index (χ2n) is 6.93. The van der Waals surface area contributed by atoms with Crippen LogP contribution in [0.25, 0.3) is 0 Å². The van der Waals surface area contributed by atoms with Crippen LogP contribution in [0.3, 0.4) is 0 Å². The number of guanidine groups is 1. The Morgan fingerprint density at radius 1 is 1.46 bits per heavy atom. The zero-order valence-electron chi connectivity index (χ0n) is 16.1. The van der Waals surface area contributed by atoms with E-state index < -0.39 is 0 Å². The van der Waals surface area contributed by atoms with Gasteiger partial charge in [0.2, 0.25) is 0 Å². The van der Waals surface area contributed by atoms with Crippen molar-refractivity contribution in [2.45, 2.75) is 25.4 Å². The number of nitrogens with one attached hydrogen (secondary N) is 1. The number of nitrogens with zero attached hydrogens (tertiary/aromatic N) is 6. The highest BCUT2D eigenvalue weighted by atomic mass is 32.1. The van der Waals surface area contributed by atoms with Crippen molar-refractivity contribution in [2.24, 2.45) is 18.0 Å².